The number of nitrogens with one attached hydrogen (secondary N) is 1. The number of piperidine rings is 1. The van der Waals surface area contributed by atoms with Crippen LogP contribution in [0.3, 0.4) is 0 Å². The van der Waals surface area contributed by atoms with Crippen LogP contribution < -0.4 is 4.74 Å². The number of hydrogen-bond acceptors (Lipinski definition) is 4. The van der Waals surface area contributed by atoms with Gasteiger partial charge in [-0.1, -0.05) is 48.5 Å². The van der Waals surface area contributed by atoms with E-state index in [1.54, 1.807) is 14.1 Å². The summed E-state index contributed by atoms with van der Waals surface area (Å²) < 4.78 is 5.99. The Morgan fingerprint density at radius 1 is 1.06 bits per heavy atom. The van der Waals surface area contributed by atoms with Crippen LogP contribution in [0.5, 0.6) is 5.75 Å². The number of rotatable bonds is 7. The second kappa shape index (κ2) is 10.1. The normalized spacial score (nSPS) is 16.0. The Morgan fingerprint density at radius 3 is 2.60 bits per heavy atom. The van der Waals surface area contributed by atoms with E-state index in [2.05, 4.69) is 52.3 Å². The van der Waals surface area contributed by atoms with Crippen LogP contribution in [0.15, 0.2) is 66.7 Å². The zero-order chi connectivity index (χ0) is 24.4. The maximum absolute atomic E-state index is 12.3. The summed E-state index contributed by atoms with van der Waals surface area (Å²) in [5, 5.41) is 14.1. The van der Waals surface area contributed by atoms with Crippen molar-refractivity contribution in [1.29, 1.82) is 0 Å². The summed E-state index contributed by atoms with van der Waals surface area (Å²) in [5.74, 6) is 1.15. The van der Waals surface area contributed by atoms with Gasteiger partial charge in [-0.2, -0.15) is 0 Å². The molecule has 0 unspecified atom stereocenters. The molecule has 1 atom stereocenters. The Hall–Kier alpha value is -3.35. The molecule has 0 bridgehead atoms. The molecule has 3 aromatic carbocycles. The molecule has 1 aliphatic heterocycles. The first-order chi connectivity index (χ1) is 17.0. The summed E-state index contributed by atoms with van der Waals surface area (Å²) >= 11 is 0. The van der Waals surface area contributed by atoms with Crippen LogP contribution in [0.25, 0.3) is 21.7 Å². The number of benzene rings is 3. The summed E-state index contributed by atoms with van der Waals surface area (Å²) in [6.07, 6.45) is 1.61. The molecular weight excluding hydrogens is 438 g/mol. The number of aromatic amines is 1. The quantitative estimate of drug-likeness (QED) is 0.412. The topological polar surface area (TPSA) is 68.8 Å². The number of nitrogens with zero attached hydrogens (tertiary/aromatic N) is 2. The first kappa shape index (κ1) is 23.4. The Labute approximate surface area is 206 Å². The summed E-state index contributed by atoms with van der Waals surface area (Å²) in [4.78, 5) is 19.3. The molecule has 4 aromatic rings. The number of carbonyl (C=O) groups excluding carboxylic acids is 1. The number of hydrogen-bond donors (Lipinski definition) is 2. The molecule has 0 aliphatic carbocycles. The van der Waals surface area contributed by atoms with E-state index in [0.717, 1.165) is 36.8 Å². The summed E-state index contributed by atoms with van der Waals surface area (Å²) in [5.41, 5.74) is 2.78. The van der Waals surface area contributed by atoms with Gasteiger partial charge in [0.2, 0.25) is 0 Å². The fourth-order valence-electron chi connectivity index (χ4n) is 5.06. The predicted molar refractivity (Wildman–Crippen MR) is 140 cm³/mol. The lowest BCUT2D eigenvalue weighted by Gasteiger charge is -2.33. The minimum Gasteiger partial charge on any atom is -0.490 e. The third-order valence-corrected chi connectivity index (χ3v) is 6.99. The lowest BCUT2D eigenvalue weighted by Crippen LogP contribution is -2.40. The molecule has 2 N–H and O–H groups in total. The second-order valence-corrected chi connectivity index (χ2v) is 9.75. The van der Waals surface area contributed by atoms with Gasteiger partial charge in [0.1, 0.15) is 24.2 Å². The van der Waals surface area contributed by atoms with Gasteiger partial charge >= 0.3 is 0 Å². The van der Waals surface area contributed by atoms with E-state index < -0.39 is 6.10 Å². The molecule has 35 heavy (non-hydrogen) atoms. The number of carbonyl (C=O) groups is 1. The SMILES string of the molecule is CN(C)C(=O)c1cc2c(OC[C@H](O)CN3CCC(c4ccc5ccccc5c4)CC3)cccc2[nH]1. The third kappa shape index (κ3) is 5.19. The van der Waals surface area contributed by atoms with E-state index in [9.17, 15) is 9.90 Å². The van der Waals surface area contributed by atoms with E-state index in [-0.39, 0.29) is 12.5 Å². The Kier molecular flexibility index (Phi) is 6.75. The first-order valence-corrected chi connectivity index (χ1v) is 12.3. The number of H-pyrrole nitrogens is 1. The standard InChI is InChI=1S/C29H33N3O3/c1-31(2)29(34)27-17-25-26(30-27)8-5-9-28(25)35-19-24(33)18-32-14-12-21(13-15-32)23-11-10-20-6-3-4-7-22(20)16-23/h3-11,16-17,21,24,30,33H,12-15,18-19H2,1-2H3/t24-/m1/s1. The number of ether oxygens (including phenoxy) is 1. The molecule has 1 aromatic heterocycles. The zero-order valence-corrected chi connectivity index (χ0v) is 20.4. The number of aliphatic hydroxyl groups is 1. The summed E-state index contributed by atoms with van der Waals surface area (Å²) in [6.45, 7) is 2.75. The van der Waals surface area contributed by atoms with E-state index in [4.69, 9.17) is 4.74 Å². The van der Waals surface area contributed by atoms with Crippen LogP contribution in [0.2, 0.25) is 0 Å². The van der Waals surface area contributed by atoms with Crippen molar-refractivity contribution in [1.82, 2.24) is 14.8 Å². The lowest BCUT2D eigenvalue weighted by molar-refractivity contribution is 0.0599. The Bertz CT molecular complexity index is 1320. The molecule has 1 aliphatic rings. The average Bonchev–Trinajstić information content (AvgIpc) is 3.32. The van der Waals surface area contributed by atoms with Gasteiger partial charge in [-0.3, -0.25) is 4.79 Å². The number of aliphatic hydroxyl groups excluding tert-OH is 1. The highest BCUT2D eigenvalue weighted by atomic mass is 16.5. The highest BCUT2D eigenvalue weighted by molar-refractivity contribution is 5.99. The van der Waals surface area contributed by atoms with Crippen molar-refractivity contribution in [3.63, 3.8) is 0 Å². The Balaban J connectivity index is 1.15. The number of fused-ring (bicyclic) bond motifs is 2. The second-order valence-electron chi connectivity index (χ2n) is 9.75. The monoisotopic (exact) mass is 471 g/mol. The third-order valence-electron chi connectivity index (χ3n) is 6.99. The average molecular weight is 472 g/mol. The predicted octanol–water partition coefficient (Wildman–Crippen LogP) is 4.64. The maximum atomic E-state index is 12.3. The molecule has 1 saturated heterocycles. The van der Waals surface area contributed by atoms with Crippen LogP contribution in [-0.2, 0) is 0 Å². The van der Waals surface area contributed by atoms with E-state index >= 15 is 0 Å². The minimum absolute atomic E-state index is 0.0840. The number of aromatic nitrogens is 1. The van der Waals surface area contributed by atoms with Gasteiger partial charge in [-0.15, -0.1) is 0 Å². The van der Waals surface area contributed by atoms with Crippen molar-refractivity contribution < 1.29 is 14.6 Å². The van der Waals surface area contributed by atoms with Crippen LogP contribution in [0.4, 0.5) is 0 Å². The lowest BCUT2D eigenvalue weighted by atomic mass is 9.88. The largest absolute Gasteiger partial charge is 0.490 e. The van der Waals surface area contributed by atoms with Crippen molar-refractivity contribution in [3.05, 3.63) is 78.0 Å². The van der Waals surface area contributed by atoms with Gasteiger partial charge in [0.25, 0.3) is 5.91 Å². The van der Waals surface area contributed by atoms with Gasteiger partial charge in [0.05, 0.1) is 0 Å². The van der Waals surface area contributed by atoms with Crippen LogP contribution >= 0.6 is 0 Å². The molecule has 6 heteroatoms. The van der Waals surface area contributed by atoms with E-state index in [1.165, 1.54) is 21.2 Å². The van der Waals surface area contributed by atoms with Gasteiger partial charge in [-0.05, 0) is 66.4 Å². The van der Waals surface area contributed by atoms with Crippen molar-refractivity contribution in [2.24, 2.45) is 0 Å². The van der Waals surface area contributed by atoms with Crippen molar-refractivity contribution in [2.45, 2.75) is 24.9 Å². The minimum atomic E-state index is -0.579. The van der Waals surface area contributed by atoms with Gasteiger partial charge < -0.3 is 24.6 Å². The fraction of sp³-hybridized carbons (Fsp3) is 0.345. The number of amides is 1. The molecule has 0 saturated carbocycles. The molecule has 6 nitrogen and oxygen atoms in total. The van der Waals surface area contributed by atoms with Crippen LogP contribution in [0, 0.1) is 0 Å². The summed E-state index contributed by atoms with van der Waals surface area (Å²) in [6, 6.07) is 22.8. The van der Waals surface area contributed by atoms with E-state index in [0.29, 0.717) is 23.9 Å². The maximum Gasteiger partial charge on any atom is 0.269 e. The molecule has 0 spiro atoms. The highest BCUT2D eigenvalue weighted by Gasteiger charge is 2.23. The molecule has 1 amide bonds. The van der Waals surface area contributed by atoms with Gasteiger partial charge in [0, 0.05) is 31.5 Å². The van der Waals surface area contributed by atoms with E-state index in [1.807, 2.05) is 24.3 Å². The summed E-state index contributed by atoms with van der Waals surface area (Å²) in [7, 11) is 3.46. The van der Waals surface area contributed by atoms with Crippen LogP contribution in [0.1, 0.15) is 34.8 Å². The fourth-order valence-corrected chi connectivity index (χ4v) is 5.06. The van der Waals surface area contributed by atoms with Gasteiger partial charge in [-0.25, -0.2) is 0 Å². The van der Waals surface area contributed by atoms with Crippen molar-refractivity contribution in [2.75, 3.05) is 40.3 Å². The molecule has 0 radical (unpaired) electrons. The molecule has 1 fully saturated rings. The molecule has 5 rings (SSSR count). The van der Waals surface area contributed by atoms with Crippen molar-refractivity contribution >= 4 is 27.6 Å². The smallest absolute Gasteiger partial charge is 0.269 e. The molecule has 182 valence electrons. The number of β-amino-alcohol motifs (C(OH)–C–C–N with tert-alkyl or cyclic N) is 1. The van der Waals surface area contributed by atoms with Gasteiger partial charge in [0.15, 0.2) is 0 Å². The zero-order valence-electron chi connectivity index (χ0n) is 20.4. The van der Waals surface area contributed by atoms with Crippen molar-refractivity contribution in [3.8, 4) is 5.75 Å². The van der Waals surface area contributed by atoms with Crippen LogP contribution in [-0.4, -0.2) is 72.2 Å². The Morgan fingerprint density at radius 2 is 1.83 bits per heavy atom. The number of likely N-dealkylation sites (tertiary alicyclic amines) is 1. The molecular formula is C29H33N3O3. The molecule has 2 heterocycles. The highest BCUT2D eigenvalue weighted by Crippen LogP contribution is 2.31. The first-order valence-electron chi connectivity index (χ1n) is 12.3.